The van der Waals surface area contributed by atoms with Gasteiger partial charge in [-0.05, 0) is 18.2 Å². The van der Waals surface area contributed by atoms with Crippen LogP contribution in [-0.2, 0) is 0 Å². The number of benzene rings is 1. The zero-order valence-electron chi connectivity index (χ0n) is 18.9. The number of hydrogen-bond donors (Lipinski definition) is 1. The maximum atomic E-state index is 13.5. The van der Waals surface area contributed by atoms with Crippen LogP contribution in [0.5, 0.6) is 0 Å². The van der Waals surface area contributed by atoms with Crippen molar-refractivity contribution in [2.75, 3.05) is 32.7 Å². The second kappa shape index (κ2) is 9.64. The van der Waals surface area contributed by atoms with Gasteiger partial charge in [-0.15, -0.1) is 12.3 Å². The molecule has 1 aliphatic heterocycles. The Hall–Kier alpha value is -4.10. The first kappa shape index (κ1) is 22.7. The van der Waals surface area contributed by atoms with Gasteiger partial charge in [0.05, 0.1) is 17.9 Å². The van der Waals surface area contributed by atoms with Crippen molar-refractivity contribution in [2.24, 2.45) is 0 Å². The van der Waals surface area contributed by atoms with Crippen molar-refractivity contribution in [2.45, 2.75) is 12.5 Å². The number of aromatic nitrogens is 5. The van der Waals surface area contributed by atoms with E-state index in [1.807, 2.05) is 23.1 Å². The van der Waals surface area contributed by atoms with E-state index < -0.39 is 11.6 Å². The summed E-state index contributed by atoms with van der Waals surface area (Å²) in [6.45, 7) is 2.81. The zero-order chi connectivity index (χ0) is 24.4. The Kier molecular flexibility index (Phi) is 6.25. The number of aromatic amines is 1. The molecule has 0 radical (unpaired) electrons. The summed E-state index contributed by atoms with van der Waals surface area (Å²) < 4.78 is 28.9. The third-order valence-electron chi connectivity index (χ3n) is 6.19. The molecule has 1 aromatic carbocycles. The molecule has 0 bridgehead atoms. The Balaban J connectivity index is 1.25. The molecule has 1 atom stereocenters. The highest BCUT2D eigenvalue weighted by molar-refractivity contribution is 5.94. The molecule has 1 aliphatic rings. The molecule has 0 spiro atoms. The van der Waals surface area contributed by atoms with Gasteiger partial charge in [-0.25, -0.2) is 18.7 Å². The monoisotopic (exact) mass is 475 g/mol. The molecule has 10 heteroatoms. The summed E-state index contributed by atoms with van der Waals surface area (Å²) in [7, 11) is 0. The number of rotatable bonds is 6. The van der Waals surface area contributed by atoms with Crippen LogP contribution < -0.4 is 0 Å². The van der Waals surface area contributed by atoms with Crippen LogP contribution in [-0.4, -0.2) is 73.2 Å². The number of nitrogens with zero attached hydrogens (tertiary/aromatic N) is 6. The molecule has 35 heavy (non-hydrogen) atoms. The average molecular weight is 476 g/mol. The first-order chi connectivity index (χ1) is 17.0. The lowest BCUT2D eigenvalue weighted by molar-refractivity contribution is 0.0616. The number of carbonyl (C=O) groups excluding carboxylic acids is 1. The SMILES string of the molecule is C#CCC(CN1CCN(C(=O)c2cc(F)cc(F)c2)CC1)n1cc(-c2ncnc3[nH]ccc23)cn1. The molecular formula is C25H23F2N7O. The van der Waals surface area contributed by atoms with E-state index in [2.05, 4.69) is 30.9 Å². The number of carbonyl (C=O) groups is 1. The fraction of sp³-hybridized carbons (Fsp3) is 0.280. The normalized spacial score (nSPS) is 15.3. The van der Waals surface area contributed by atoms with Gasteiger partial charge in [-0.2, -0.15) is 5.10 Å². The number of nitrogens with one attached hydrogen (secondary N) is 1. The molecule has 0 aliphatic carbocycles. The van der Waals surface area contributed by atoms with E-state index in [-0.39, 0.29) is 17.5 Å². The average Bonchev–Trinajstić information content (AvgIpc) is 3.53. The van der Waals surface area contributed by atoms with E-state index >= 15 is 0 Å². The smallest absolute Gasteiger partial charge is 0.254 e. The number of piperazine rings is 1. The third-order valence-corrected chi connectivity index (χ3v) is 6.19. The van der Waals surface area contributed by atoms with Gasteiger partial charge in [-0.3, -0.25) is 14.4 Å². The number of terminal acetylenes is 1. The minimum absolute atomic E-state index is 0.0199. The molecule has 1 unspecified atom stereocenters. The molecule has 8 nitrogen and oxygen atoms in total. The van der Waals surface area contributed by atoms with Crippen molar-refractivity contribution in [3.63, 3.8) is 0 Å². The summed E-state index contributed by atoms with van der Waals surface area (Å²) in [5, 5.41) is 5.47. The van der Waals surface area contributed by atoms with Gasteiger partial charge in [-0.1, -0.05) is 0 Å². The predicted octanol–water partition coefficient (Wildman–Crippen LogP) is 3.12. The van der Waals surface area contributed by atoms with Crippen molar-refractivity contribution in [1.82, 2.24) is 34.5 Å². The van der Waals surface area contributed by atoms with Crippen molar-refractivity contribution < 1.29 is 13.6 Å². The van der Waals surface area contributed by atoms with Gasteiger partial charge >= 0.3 is 0 Å². The summed E-state index contributed by atoms with van der Waals surface area (Å²) in [5.41, 5.74) is 2.45. The quantitative estimate of drug-likeness (QED) is 0.434. The largest absolute Gasteiger partial charge is 0.346 e. The van der Waals surface area contributed by atoms with Gasteiger partial charge < -0.3 is 9.88 Å². The molecule has 1 N–H and O–H groups in total. The van der Waals surface area contributed by atoms with Gasteiger partial charge in [0, 0.05) is 74.1 Å². The minimum Gasteiger partial charge on any atom is -0.346 e. The lowest BCUT2D eigenvalue weighted by atomic mass is 10.1. The summed E-state index contributed by atoms with van der Waals surface area (Å²) >= 11 is 0. The lowest BCUT2D eigenvalue weighted by Crippen LogP contribution is -2.50. The van der Waals surface area contributed by atoms with Gasteiger partial charge in [0.25, 0.3) is 5.91 Å². The van der Waals surface area contributed by atoms with Crippen molar-refractivity contribution in [3.05, 3.63) is 66.4 Å². The van der Waals surface area contributed by atoms with E-state index in [9.17, 15) is 13.6 Å². The Morgan fingerprint density at radius 1 is 1.14 bits per heavy atom. The van der Waals surface area contributed by atoms with E-state index in [1.165, 1.54) is 6.33 Å². The van der Waals surface area contributed by atoms with E-state index in [4.69, 9.17) is 6.42 Å². The maximum Gasteiger partial charge on any atom is 0.254 e. The first-order valence-corrected chi connectivity index (χ1v) is 11.3. The summed E-state index contributed by atoms with van der Waals surface area (Å²) in [5.74, 6) is 0.837. The Labute approximate surface area is 200 Å². The standard InChI is InChI=1S/C25H23F2N7O/c1-2-3-21(34-14-18(13-31-34)23-22-4-5-28-24(22)30-16-29-23)15-32-6-8-33(9-7-32)25(35)17-10-19(26)12-20(27)11-17/h1,4-5,10-14,16,21H,3,6-9,15H2,(H,28,29,30). The number of halogens is 2. The van der Waals surface area contributed by atoms with E-state index in [0.717, 1.165) is 40.5 Å². The summed E-state index contributed by atoms with van der Waals surface area (Å²) in [4.78, 5) is 28.3. The Morgan fingerprint density at radius 3 is 2.66 bits per heavy atom. The highest BCUT2D eigenvalue weighted by atomic mass is 19.1. The van der Waals surface area contributed by atoms with E-state index in [1.54, 1.807) is 11.1 Å². The fourth-order valence-corrected chi connectivity index (χ4v) is 4.43. The van der Waals surface area contributed by atoms with Crippen molar-refractivity contribution in [1.29, 1.82) is 0 Å². The highest BCUT2D eigenvalue weighted by Crippen LogP contribution is 2.26. The van der Waals surface area contributed by atoms with Gasteiger partial charge in [0.15, 0.2) is 0 Å². The third kappa shape index (κ3) is 4.76. The maximum absolute atomic E-state index is 13.5. The lowest BCUT2D eigenvalue weighted by Gasteiger charge is -2.36. The second-order valence-corrected chi connectivity index (χ2v) is 8.48. The molecule has 0 saturated carbocycles. The van der Waals surface area contributed by atoms with Crippen LogP contribution in [0.25, 0.3) is 22.3 Å². The summed E-state index contributed by atoms with van der Waals surface area (Å²) in [6.07, 6.45) is 13.2. The Morgan fingerprint density at radius 2 is 1.91 bits per heavy atom. The number of amides is 1. The van der Waals surface area contributed by atoms with Crippen molar-refractivity contribution >= 4 is 16.9 Å². The molecule has 178 valence electrons. The molecule has 3 aromatic heterocycles. The predicted molar refractivity (Wildman–Crippen MR) is 126 cm³/mol. The fourth-order valence-electron chi connectivity index (χ4n) is 4.43. The number of fused-ring (bicyclic) bond motifs is 1. The highest BCUT2D eigenvalue weighted by Gasteiger charge is 2.25. The molecular weight excluding hydrogens is 452 g/mol. The molecule has 1 fully saturated rings. The van der Waals surface area contributed by atoms with E-state index in [0.29, 0.717) is 39.1 Å². The van der Waals surface area contributed by atoms with Crippen LogP contribution in [0.1, 0.15) is 22.8 Å². The first-order valence-electron chi connectivity index (χ1n) is 11.3. The topological polar surface area (TPSA) is 82.9 Å². The van der Waals surface area contributed by atoms with Crippen LogP contribution in [0.15, 0.2) is 49.2 Å². The minimum atomic E-state index is -0.762. The van der Waals surface area contributed by atoms with Gasteiger partial charge in [0.2, 0.25) is 0 Å². The Bertz CT molecular complexity index is 1380. The molecule has 4 aromatic rings. The molecule has 5 rings (SSSR count). The van der Waals surface area contributed by atoms with Crippen LogP contribution in [0.2, 0.25) is 0 Å². The van der Waals surface area contributed by atoms with Crippen molar-refractivity contribution in [3.8, 4) is 23.6 Å². The van der Waals surface area contributed by atoms with Crippen LogP contribution >= 0.6 is 0 Å². The number of hydrogen-bond acceptors (Lipinski definition) is 5. The summed E-state index contributed by atoms with van der Waals surface area (Å²) in [6, 6.07) is 4.76. The van der Waals surface area contributed by atoms with Crippen LogP contribution in [0, 0.1) is 24.0 Å². The van der Waals surface area contributed by atoms with Crippen LogP contribution in [0.3, 0.4) is 0 Å². The molecule has 1 amide bonds. The zero-order valence-corrected chi connectivity index (χ0v) is 18.9. The van der Waals surface area contributed by atoms with Crippen LogP contribution in [0.4, 0.5) is 8.78 Å². The second-order valence-electron chi connectivity index (χ2n) is 8.48. The molecule has 1 saturated heterocycles. The molecule has 4 heterocycles. The number of H-pyrrole nitrogens is 1. The van der Waals surface area contributed by atoms with Gasteiger partial charge in [0.1, 0.15) is 23.6 Å².